The fourth-order valence-electron chi connectivity index (χ4n) is 4.86. The number of hydrogen-bond acceptors (Lipinski definition) is 5. The van der Waals surface area contributed by atoms with E-state index in [0.29, 0.717) is 19.3 Å². The third-order valence-electron chi connectivity index (χ3n) is 6.79. The van der Waals surface area contributed by atoms with E-state index in [-0.39, 0.29) is 55.2 Å². The fourth-order valence-corrected chi connectivity index (χ4v) is 5.84. The molecule has 2 heterocycles. The molecule has 0 aliphatic carbocycles. The lowest BCUT2D eigenvalue weighted by Gasteiger charge is -2.33. The average Bonchev–Trinajstić information content (AvgIpc) is 3.30. The number of rotatable bonds is 7. The Morgan fingerprint density at radius 2 is 1.69 bits per heavy atom. The van der Waals surface area contributed by atoms with Gasteiger partial charge in [-0.25, -0.2) is 21.6 Å². The van der Waals surface area contributed by atoms with Crippen LogP contribution in [0.5, 0.6) is 0 Å². The molecule has 0 N–H and O–H groups in total. The number of nitrogens with zero attached hydrogens (tertiary/aromatic N) is 2. The number of piperidine rings is 1. The Balaban J connectivity index is 1.48. The quantitative estimate of drug-likeness (QED) is 0.571. The second-order valence-corrected chi connectivity index (χ2v) is 11.6. The summed E-state index contributed by atoms with van der Waals surface area (Å²) in [6, 6.07) is 8.62. The molecule has 0 radical (unpaired) electrons. The molecule has 2 aromatic carbocycles. The van der Waals surface area contributed by atoms with E-state index < -0.39 is 44.4 Å². The first-order valence-electron chi connectivity index (χ1n) is 11.5. The maximum Gasteiger partial charge on any atom is 0.230 e. The van der Waals surface area contributed by atoms with Crippen LogP contribution in [0.2, 0.25) is 0 Å². The van der Waals surface area contributed by atoms with Crippen LogP contribution in [0, 0.1) is 23.4 Å². The van der Waals surface area contributed by atoms with Crippen molar-refractivity contribution in [1.29, 1.82) is 0 Å². The molecule has 1 unspecified atom stereocenters. The van der Waals surface area contributed by atoms with Gasteiger partial charge in [-0.1, -0.05) is 18.2 Å². The van der Waals surface area contributed by atoms with Crippen LogP contribution < -0.4 is 9.80 Å². The molecule has 0 aromatic heterocycles. The molecule has 2 aromatic rings. The lowest BCUT2D eigenvalue weighted by atomic mass is 9.90. The normalized spacial score (nSPS) is 21.0. The average molecular weight is 509 g/mol. The molecule has 2 aliphatic heterocycles. The minimum atomic E-state index is -3.30. The summed E-state index contributed by atoms with van der Waals surface area (Å²) < 4.78 is 67.6. The summed E-state index contributed by atoms with van der Waals surface area (Å²) >= 11 is 0. The van der Waals surface area contributed by atoms with Gasteiger partial charge < -0.3 is 9.80 Å². The van der Waals surface area contributed by atoms with Crippen molar-refractivity contribution in [3.8, 4) is 0 Å². The van der Waals surface area contributed by atoms with Gasteiger partial charge in [0, 0.05) is 44.6 Å². The molecule has 1 amide bonds. The fraction of sp³-hybridized carbons (Fsp3) is 0.440. The standard InChI is InChI=1S/C25H27F3N2O4S/c1-35(33,34)19-10-12-29(15-19)21-8-9-22(24(28)23(21)27)30-11-4-6-17(25(30)32)14-18(31)13-16-5-2-3-7-20(16)26/h2-3,5,7-9,17,19H,4,6,10-15H2,1H3/t17-,19?/m0/s1. The number of hydrogen-bond donors (Lipinski definition) is 0. The van der Waals surface area contributed by atoms with Gasteiger partial charge >= 0.3 is 0 Å². The maximum absolute atomic E-state index is 15.1. The van der Waals surface area contributed by atoms with E-state index in [1.54, 1.807) is 6.07 Å². The van der Waals surface area contributed by atoms with Gasteiger partial charge in [0.2, 0.25) is 5.91 Å². The smallest absolute Gasteiger partial charge is 0.230 e. The third kappa shape index (κ3) is 5.37. The molecule has 10 heteroatoms. The topological polar surface area (TPSA) is 74.8 Å². The zero-order chi connectivity index (χ0) is 25.3. The molecule has 4 rings (SSSR count). The summed E-state index contributed by atoms with van der Waals surface area (Å²) in [6.45, 7) is 0.540. The number of amides is 1. The number of sulfone groups is 1. The Morgan fingerprint density at radius 1 is 1.00 bits per heavy atom. The monoisotopic (exact) mass is 508 g/mol. The molecule has 2 atom stereocenters. The molecule has 6 nitrogen and oxygen atoms in total. The number of benzene rings is 2. The van der Waals surface area contributed by atoms with Gasteiger partial charge in [-0.2, -0.15) is 0 Å². The third-order valence-corrected chi connectivity index (χ3v) is 8.39. The molecule has 0 bridgehead atoms. The van der Waals surface area contributed by atoms with Crippen LogP contribution in [0.15, 0.2) is 36.4 Å². The zero-order valence-electron chi connectivity index (χ0n) is 19.3. The maximum atomic E-state index is 15.1. The highest BCUT2D eigenvalue weighted by atomic mass is 32.2. The summed E-state index contributed by atoms with van der Waals surface area (Å²) in [4.78, 5) is 28.2. The Kier molecular flexibility index (Phi) is 7.21. The van der Waals surface area contributed by atoms with Crippen molar-refractivity contribution in [2.45, 2.75) is 37.4 Å². The number of carbonyl (C=O) groups is 2. The van der Waals surface area contributed by atoms with Gasteiger partial charge in [0.05, 0.1) is 16.6 Å². The van der Waals surface area contributed by atoms with E-state index in [0.717, 1.165) is 11.2 Å². The van der Waals surface area contributed by atoms with E-state index in [4.69, 9.17) is 0 Å². The molecule has 2 aliphatic rings. The second kappa shape index (κ2) is 10.0. The minimum Gasteiger partial charge on any atom is -0.368 e. The van der Waals surface area contributed by atoms with Crippen LogP contribution in [-0.2, 0) is 25.8 Å². The van der Waals surface area contributed by atoms with E-state index in [9.17, 15) is 22.4 Å². The van der Waals surface area contributed by atoms with E-state index in [1.807, 2.05) is 0 Å². The number of anilines is 2. The molecular weight excluding hydrogens is 481 g/mol. The van der Waals surface area contributed by atoms with E-state index >= 15 is 8.78 Å². The summed E-state index contributed by atoms with van der Waals surface area (Å²) in [7, 11) is -3.30. The van der Waals surface area contributed by atoms with E-state index in [2.05, 4.69) is 0 Å². The van der Waals surface area contributed by atoms with Gasteiger partial charge in [0.25, 0.3) is 0 Å². The Bertz CT molecular complexity index is 1250. The summed E-state index contributed by atoms with van der Waals surface area (Å²) in [5.41, 5.74) is 0.00109. The molecule has 188 valence electrons. The first-order chi connectivity index (χ1) is 16.6. The van der Waals surface area contributed by atoms with Gasteiger partial charge in [-0.05, 0) is 43.0 Å². The van der Waals surface area contributed by atoms with Crippen LogP contribution in [0.1, 0.15) is 31.2 Å². The highest BCUT2D eigenvalue weighted by molar-refractivity contribution is 7.91. The predicted octanol–water partition coefficient (Wildman–Crippen LogP) is 3.67. The Labute approximate surface area is 202 Å². The number of halogens is 3. The van der Waals surface area contributed by atoms with Crippen molar-refractivity contribution in [3.05, 3.63) is 59.4 Å². The highest BCUT2D eigenvalue weighted by Crippen LogP contribution is 2.35. The van der Waals surface area contributed by atoms with Crippen molar-refractivity contribution in [1.82, 2.24) is 0 Å². The van der Waals surface area contributed by atoms with Crippen LogP contribution >= 0.6 is 0 Å². The summed E-state index contributed by atoms with van der Waals surface area (Å²) in [5.74, 6) is -4.27. The zero-order valence-corrected chi connectivity index (χ0v) is 20.2. The molecule has 0 spiro atoms. The Morgan fingerprint density at radius 3 is 2.37 bits per heavy atom. The summed E-state index contributed by atoms with van der Waals surface area (Å²) in [5, 5.41) is -0.643. The minimum absolute atomic E-state index is 0.0431. The largest absolute Gasteiger partial charge is 0.368 e. The van der Waals surface area contributed by atoms with Gasteiger partial charge in [0.1, 0.15) is 11.6 Å². The van der Waals surface area contributed by atoms with Crippen molar-refractivity contribution in [2.24, 2.45) is 5.92 Å². The molecule has 0 saturated carbocycles. The van der Waals surface area contributed by atoms with Crippen LogP contribution in [-0.4, -0.2) is 51.2 Å². The highest BCUT2D eigenvalue weighted by Gasteiger charge is 2.35. The van der Waals surface area contributed by atoms with Crippen molar-refractivity contribution in [2.75, 3.05) is 35.7 Å². The molecule has 35 heavy (non-hydrogen) atoms. The first-order valence-corrected chi connectivity index (χ1v) is 13.5. The number of carbonyl (C=O) groups excluding carboxylic acids is 2. The van der Waals surface area contributed by atoms with Crippen molar-refractivity contribution in [3.63, 3.8) is 0 Å². The number of Topliss-reactive ketones (excluding diaryl/α,β-unsaturated/α-hetero) is 1. The van der Waals surface area contributed by atoms with Gasteiger partial charge in [-0.3, -0.25) is 9.59 Å². The lowest BCUT2D eigenvalue weighted by molar-refractivity contribution is -0.128. The van der Waals surface area contributed by atoms with Crippen LogP contribution in [0.4, 0.5) is 24.5 Å². The van der Waals surface area contributed by atoms with Crippen molar-refractivity contribution < 1.29 is 31.2 Å². The van der Waals surface area contributed by atoms with Crippen LogP contribution in [0.25, 0.3) is 0 Å². The first kappa shape index (κ1) is 25.2. The van der Waals surface area contributed by atoms with Crippen molar-refractivity contribution >= 4 is 32.9 Å². The predicted molar refractivity (Wildman–Crippen MR) is 127 cm³/mol. The summed E-state index contributed by atoms with van der Waals surface area (Å²) in [6.07, 6.45) is 2.15. The SMILES string of the molecule is CS(=O)(=O)C1CCN(c2ccc(N3CCC[C@@H](CC(=O)Cc4ccccc4F)C3=O)c(F)c2F)C1. The molecule has 2 fully saturated rings. The lowest BCUT2D eigenvalue weighted by Crippen LogP contribution is -2.42. The molecular formula is C25H27F3N2O4S. The Hall–Kier alpha value is -2.88. The van der Waals surface area contributed by atoms with E-state index in [1.165, 1.54) is 35.2 Å². The van der Waals surface area contributed by atoms with Crippen LogP contribution in [0.3, 0.4) is 0 Å². The second-order valence-electron chi connectivity index (χ2n) is 9.26. The van der Waals surface area contributed by atoms with Gasteiger partial charge in [0.15, 0.2) is 21.5 Å². The molecule has 2 saturated heterocycles. The van der Waals surface area contributed by atoms with Gasteiger partial charge in [-0.15, -0.1) is 0 Å². The number of ketones is 1.